The Balaban J connectivity index is 2.36. The minimum atomic E-state index is -0.624. The van der Waals surface area contributed by atoms with E-state index >= 15 is 0 Å². The van der Waals surface area contributed by atoms with Gasteiger partial charge in [-0.05, 0) is 18.1 Å². The van der Waals surface area contributed by atoms with Crippen molar-refractivity contribution in [1.29, 1.82) is 0 Å². The van der Waals surface area contributed by atoms with Gasteiger partial charge in [-0.3, -0.25) is 14.4 Å². The maximum atomic E-state index is 13.2. The van der Waals surface area contributed by atoms with E-state index in [1.54, 1.807) is 18.7 Å². The first-order chi connectivity index (χ1) is 14.7. The molecule has 166 valence electrons. The maximum Gasteiger partial charge on any atom is 0.339 e. The maximum absolute atomic E-state index is 13.2. The third-order valence-corrected chi connectivity index (χ3v) is 5.06. The lowest BCUT2D eigenvalue weighted by molar-refractivity contribution is -0.146. The van der Waals surface area contributed by atoms with Gasteiger partial charge in [-0.25, -0.2) is 4.79 Å². The number of ketones is 1. The van der Waals surface area contributed by atoms with Crippen molar-refractivity contribution in [2.45, 2.75) is 33.7 Å². The second kappa shape index (κ2) is 10.6. The van der Waals surface area contributed by atoms with Crippen molar-refractivity contribution in [3.8, 4) is 0 Å². The average Bonchev–Trinajstić information content (AvgIpc) is 3.08. The van der Waals surface area contributed by atoms with E-state index in [-0.39, 0.29) is 42.5 Å². The molecule has 1 unspecified atom stereocenters. The third-order valence-electron chi connectivity index (χ3n) is 5.06. The van der Waals surface area contributed by atoms with Crippen LogP contribution >= 0.6 is 0 Å². The number of methoxy groups -OCH3 is 2. The monoisotopic (exact) mass is 428 g/mol. The third kappa shape index (κ3) is 5.81. The van der Waals surface area contributed by atoms with Crippen molar-refractivity contribution < 1.29 is 28.7 Å². The van der Waals surface area contributed by atoms with Gasteiger partial charge in [-0.1, -0.05) is 37.3 Å². The van der Waals surface area contributed by atoms with Crippen LogP contribution in [0.4, 0.5) is 0 Å². The Bertz CT molecular complexity index is 964. The van der Waals surface area contributed by atoms with Crippen LogP contribution in [0.1, 0.15) is 51.5 Å². The standard InChI is InChI=1S/C23H28N2O6/c1-14(22(28)30-4)12-25(13-17-9-7-6-8-10-17)19(27)11-18-20(23(29)31-5)15(2)21(24-18)16(3)26/h6-10,14,24H,11-13H2,1-5H3. The molecule has 1 N–H and O–H groups in total. The Morgan fingerprint density at radius 2 is 1.71 bits per heavy atom. The minimum Gasteiger partial charge on any atom is -0.469 e. The minimum absolute atomic E-state index is 0.146. The molecule has 1 amide bonds. The molecule has 8 heteroatoms. The van der Waals surface area contributed by atoms with Crippen molar-refractivity contribution >= 4 is 23.6 Å². The highest BCUT2D eigenvalue weighted by molar-refractivity contribution is 6.01. The molecule has 1 aromatic carbocycles. The zero-order valence-electron chi connectivity index (χ0n) is 18.5. The number of carbonyl (C=O) groups excluding carboxylic acids is 4. The lowest BCUT2D eigenvalue weighted by Crippen LogP contribution is -2.38. The molecular weight excluding hydrogens is 400 g/mol. The first-order valence-corrected chi connectivity index (χ1v) is 9.89. The molecule has 2 rings (SSSR count). The summed E-state index contributed by atoms with van der Waals surface area (Å²) in [6.07, 6.45) is -0.153. The number of nitrogens with one attached hydrogen (secondary N) is 1. The molecule has 0 saturated carbocycles. The van der Waals surface area contributed by atoms with Crippen LogP contribution in [0.2, 0.25) is 0 Å². The van der Waals surface area contributed by atoms with Gasteiger partial charge >= 0.3 is 11.9 Å². The first-order valence-electron chi connectivity index (χ1n) is 9.89. The molecule has 2 aromatic rings. The van der Waals surface area contributed by atoms with E-state index in [0.29, 0.717) is 11.3 Å². The van der Waals surface area contributed by atoms with E-state index in [0.717, 1.165) is 5.56 Å². The van der Waals surface area contributed by atoms with Gasteiger partial charge in [0.2, 0.25) is 5.91 Å². The number of rotatable bonds is 9. The summed E-state index contributed by atoms with van der Waals surface area (Å²) in [4.78, 5) is 53.8. The van der Waals surface area contributed by atoms with E-state index in [9.17, 15) is 19.2 Å². The van der Waals surface area contributed by atoms with E-state index in [1.165, 1.54) is 21.1 Å². The fraction of sp³-hybridized carbons (Fsp3) is 0.391. The number of esters is 2. The summed E-state index contributed by atoms with van der Waals surface area (Å²) in [7, 11) is 2.55. The van der Waals surface area contributed by atoms with Gasteiger partial charge < -0.3 is 19.4 Å². The van der Waals surface area contributed by atoms with Gasteiger partial charge in [-0.2, -0.15) is 0 Å². The number of carbonyl (C=O) groups is 4. The van der Waals surface area contributed by atoms with Crippen LogP contribution in [0, 0.1) is 12.8 Å². The van der Waals surface area contributed by atoms with Crippen LogP contribution in [0.25, 0.3) is 0 Å². The lowest BCUT2D eigenvalue weighted by Gasteiger charge is -2.25. The van der Waals surface area contributed by atoms with E-state index in [4.69, 9.17) is 9.47 Å². The van der Waals surface area contributed by atoms with Crippen LogP contribution < -0.4 is 0 Å². The molecule has 0 bridgehead atoms. The second-order valence-corrected chi connectivity index (χ2v) is 7.39. The number of ether oxygens (including phenoxy) is 2. The van der Waals surface area contributed by atoms with Crippen molar-refractivity contribution in [2.24, 2.45) is 5.92 Å². The van der Waals surface area contributed by atoms with E-state index < -0.39 is 17.9 Å². The number of nitrogens with zero attached hydrogens (tertiary/aromatic N) is 1. The highest BCUT2D eigenvalue weighted by Crippen LogP contribution is 2.22. The van der Waals surface area contributed by atoms with Crippen molar-refractivity contribution in [2.75, 3.05) is 20.8 Å². The molecule has 31 heavy (non-hydrogen) atoms. The number of hydrogen-bond acceptors (Lipinski definition) is 6. The summed E-state index contributed by atoms with van der Waals surface area (Å²) in [5.74, 6) is -2.13. The van der Waals surface area contributed by atoms with Gasteiger partial charge in [0.1, 0.15) is 0 Å². The zero-order valence-corrected chi connectivity index (χ0v) is 18.5. The predicted molar refractivity (Wildman–Crippen MR) is 114 cm³/mol. The van der Waals surface area contributed by atoms with Crippen LogP contribution in [0.5, 0.6) is 0 Å². The van der Waals surface area contributed by atoms with Gasteiger partial charge in [0.05, 0.1) is 37.8 Å². The van der Waals surface area contributed by atoms with Crippen LogP contribution in [0.3, 0.4) is 0 Å². The molecule has 8 nitrogen and oxygen atoms in total. The molecule has 0 aliphatic carbocycles. The summed E-state index contributed by atoms with van der Waals surface area (Å²) in [5.41, 5.74) is 2.10. The number of benzene rings is 1. The largest absolute Gasteiger partial charge is 0.469 e. The van der Waals surface area contributed by atoms with Crippen molar-refractivity contribution in [3.05, 3.63) is 58.4 Å². The molecule has 0 spiro atoms. The van der Waals surface area contributed by atoms with Gasteiger partial charge in [0.15, 0.2) is 5.78 Å². The van der Waals surface area contributed by atoms with Crippen molar-refractivity contribution in [1.82, 2.24) is 9.88 Å². The molecule has 0 fully saturated rings. The highest BCUT2D eigenvalue weighted by atomic mass is 16.5. The molecule has 1 heterocycles. The molecule has 0 saturated heterocycles. The van der Waals surface area contributed by atoms with Gasteiger partial charge in [0, 0.05) is 25.7 Å². The van der Waals surface area contributed by atoms with E-state index in [1.807, 2.05) is 30.3 Å². The predicted octanol–water partition coefficient (Wildman–Crippen LogP) is 2.69. The van der Waals surface area contributed by atoms with Crippen molar-refractivity contribution in [3.63, 3.8) is 0 Å². The first kappa shape index (κ1) is 23.9. The molecule has 0 aliphatic heterocycles. The Hall–Kier alpha value is -3.42. The zero-order chi connectivity index (χ0) is 23.1. The number of hydrogen-bond donors (Lipinski definition) is 1. The van der Waals surface area contributed by atoms with E-state index in [2.05, 4.69) is 4.98 Å². The second-order valence-electron chi connectivity index (χ2n) is 7.39. The smallest absolute Gasteiger partial charge is 0.339 e. The molecule has 0 aliphatic rings. The Morgan fingerprint density at radius 3 is 2.26 bits per heavy atom. The summed E-state index contributed by atoms with van der Waals surface area (Å²) in [5, 5.41) is 0. The van der Waals surface area contributed by atoms with Gasteiger partial charge in [-0.15, -0.1) is 0 Å². The Kier molecular flexibility index (Phi) is 8.13. The molecular formula is C23H28N2O6. The molecule has 0 radical (unpaired) electrons. The summed E-state index contributed by atoms with van der Waals surface area (Å²) in [6, 6.07) is 9.38. The van der Waals surface area contributed by atoms with Gasteiger partial charge in [0.25, 0.3) is 0 Å². The van der Waals surface area contributed by atoms with Crippen LogP contribution in [0.15, 0.2) is 30.3 Å². The SMILES string of the molecule is COC(=O)c1c(CC(=O)N(Cc2ccccc2)CC(C)C(=O)OC)[nH]c(C(C)=O)c1C. The number of amides is 1. The topological polar surface area (TPSA) is 106 Å². The quantitative estimate of drug-likeness (QED) is 0.486. The number of Topliss-reactive ketones (excluding diaryl/α,β-unsaturated/α-hetero) is 1. The fourth-order valence-corrected chi connectivity index (χ4v) is 3.45. The number of H-pyrrole nitrogens is 1. The number of aromatic amines is 1. The molecule has 1 atom stereocenters. The fourth-order valence-electron chi connectivity index (χ4n) is 3.45. The van der Waals surface area contributed by atoms with Crippen LogP contribution in [-0.4, -0.2) is 54.3 Å². The summed E-state index contributed by atoms with van der Waals surface area (Å²) >= 11 is 0. The molecule has 1 aromatic heterocycles. The lowest BCUT2D eigenvalue weighted by atomic mass is 10.1. The van der Waals surface area contributed by atoms with Crippen LogP contribution in [-0.2, 0) is 32.0 Å². The normalized spacial score (nSPS) is 11.5. The highest BCUT2D eigenvalue weighted by Gasteiger charge is 2.27. The number of aromatic nitrogens is 1. The Labute approximate surface area is 181 Å². The Morgan fingerprint density at radius 1 is 1.06 bits per heavy atom. The summed E-state index contributed by atoms with van der Waals surface area (Å²) in [6.45, 7) is 5.13. The summed E-state index contributed by atoms with van der Waals surface area (Å²) < 4.78 is 9.63. The average molecular weight is 428 g/mol.